The normalized spacial score (nSPS) is 12.3. The molecule has 0 saturated heterocycles. The van der Waals surface area contributed by atoms with Gasteiger partial charge in [0.2, 0.25) is 0 Å². The SMILES string of the molecule is Cc1ccc(S(=O)(=O)N(C)c2ccc(OCC(=O)NC[C@H](c3ccccc3)N(C)C)cc2)cc1. The van der Waals surface area contributed by atoms with Gasteiger partial charge in [0.05, 0.1) is 16.6 Å². The van der Waals surface area contributed by atoms with Crippen LogP contribution >= 0.6 is 0 Å². The van der Waals surface area contributed by atoms with Crippen molar-refractivity contribution in [3.8, 4) is 5.75 Å². The van der Waals surface area contributed by atoms with Gasteiger partial charge in [-0.2, -0.15) is 0 Å². The van der Waals surface area contributed by atoms with Crippen molar-refractivity contribution in [3.63, 3.8) is 0 Å². The predicted molar refractivity (Wildman–Crippen MR) is 135 cm³/mol. The van der Waals surface area contributed by atoms with Crippen LogP contribution in [0.5, 0.6) is 5.75 Å². The molecule has 0 saturated carbocycles. The monoisotopic (exact) mass is 481 g/mol. The number of amides is 1. The first-order valence-electron chi connectivity index (χ1n) is 10.9. The lowest BCUT2D eigenvalue weighted by Crippen LogP contribution is -2.36. The second kappa shape index (κ2) is 11.2. The number of anilines is 1. The van der Waals surface area contributed by atoms with Gasteiger partial charge in [-0.25, -0.2) is 8.42 Å². The second-order valence-electron chi connectivity index (χ2n) is 8.26. The lowest BCUT2D eigenvalue weighted by Gasteiger charge is -2.25. The summed E-state index contributed by atoms with van der Waals surface area (Å²) < 4.78 is 32.5. The molecule has 0 spiro atoms. The van der Waals surface area contributed by atoms with Crippen LogP contribution in [0.1, 0.15) is 17.2 Å². The van der Waals surface area contributed by atoms with E-state index in [-0.39, 0.29) is 23.5 Å². The maximum Gasteiger partial charge on any atom is 0.264 e. The smallest absolute Gasteiger partial charge is 0.264 e. The highest BCUT2D eigenvalue weighted by molar-refractivity contribution is 7.92. The van der Waals surface area contributed by atoms with Crippen molar-refractivity contribution in [3.05, 3.63) is 90.0 Å². The quantitative estimate of drug-likeness (QED) is 0.479. The third-order valence-corrected chi connectivity index (χ3v) is 7.35. The molecule has 1 N–H and O–H groups in total. The average Bonchev–Trinajstić information content (AvgIpc) is 2.83. The zero-order chi connectivity index (χ0) is 24.7. The molecular weight excluding hydrogens is 450 g/mol. The van der Waals surface area contributed by atoms with Gasteiger partial charge in [0.25, 0.3) is 15.9 Å². The zero-order valence-electron chi connectivity index (χ0n) is 19.9. The fourth-order valence-corrected chi connectivity index (χ4v) is 4.64. The number of carbonyl (C=O) groups is 1. The Hall–Kier alpha value is -3.36. The van der Waals surface area contributed by atoms with E-state index in [1.54, 1.807) is 48.5 Å². The summed E-state index contributed by atoms with van der Waals surface area (Å²) >= 11 is 0. The van der Waals surface area contributed by atoms with Gasteiger partial charge in [0.1, 0.15) is 5.75 Å². The molecule has 34 heavy (non-hydrogen) atoms. The van der Waals surface area contributed by atoms with Gasteiger partial charge in [-0.1, -0.05) is 48.0 Å². The van der Waals surface area contributed by atoms with E-state index in [0.717, 1.165) is 11.1 Å². The molecule has 0 unspecified atom stereocenters. The molecule has 8 heteroatoms. The molecule has 0 aliphatic carbocycles. The average molecular weight is 482 g/mol. The number of nitrogens with zero attached hydrogens (tertiary/aromatic N) is 2. The van der Waals surface area contributed by atoms with Crippen LogP contribution in [0, 0.1) is 6.92 Å². The van der Waals surface area contributed by atoms with Gasteiger partial charge in [-0.3, -0.25) is 9.10 Å². The molecule has 1 amide bonds. The highest BCUT2D eigenvalue weighted by Gasteiger charge is 2.21. The van der Waals surface area contributed by atoms with Crippen molar-refractivity contribution in [2.75, 3.05) is 38.6 Å². The van der Waals surface area contributed by atoms with Crippen LogP contribution in [-0.2, 0) is 14.8 Å². The molecule has 0 radical (unpaired) electrons. The Labute approximate surface area is 202 Å². The first kappa shape index (κ1) is 25.3. The minimum Gasteiger partial charge on any atom is -0.484 e. The summed E-state index contributed by atoms with van der Waals surface area (Å²) in [5.74, 6) is 0.248. The summed E-state index contributed by atoms with van der Waals surface area (Å²) in [6.45, 7) is 2.23. The first-order valence-corrected chi connectivity index (χ1v) is 12.4. The summed E-state index contributed by atoms with van der Waals surface area (Å²) in [6.07, 6.45) is 0. The number of rotatable bonds is 10. The van der Waals surface area contributed by atoms with E-state index in [4.69, 9.17) is 4.74 Å². The van der Waals surface area contributed by atoms with Crippen LogP contribution in [0.3, 0.4) is 0 Å². The summed E-state index contributed by atoms with van der Waals surface area (Å²) in [5.41, 5.74) is 2.60. The van der Waals surface area contributed by atoms with E-state index >= 15 is 0 Å². The number of sulfonamides is 1. The Morgan fingerprint density at radius 3 is 2.12 bits per heavy atom. The van der Waals surface area contributed by atoms with Crippen molar-refractivity contribution in [2.24, 2.45) is 0 Å². The van der Waals surface area contributed by atoms with Crippen molar-refractivity contribution in [1.82, 2.24) is 10.2 Å². The van der Waals surface area contributed by atoms with Crippen molar-refractivity contribution >= 4 is 21.6 Å². The number of nitrogens with one attached hydrogen (secondary N) is 1. The van der Waals surface area contributed by atoms with E-state index in [1.807, 2.05) is 51.4 Å². The molecule has 0 heterocycles. The third kappa shape index (κ3) is 6.36. The Balaban J connectivity index is 1.55. The number of benzene rings is 3. The number of aryl methyl sites for hydroxylation is 1. The summed E-state index contributed by atoms with van der Waals surface area (Å²) in [5, 5.41) is 2.91. The summed E-state index contributed by atoms with van der Waals surface area (Å²) in [6, 6.07) is 23.3. The van der Waals surface area contributed by atoms with Crippen molar-refractivity contribution in [2.45, 2.75) is 17.9 Å². The molecule has 3 aromatic rings. The molecule has 0 bridgehead atoms. The number of hydrogen-bond acceptors (Lipinski definition) is 5. The summed E-state index contributed by atoms with van der Waals surface area (Å²) in [4.78, 5) is 14.6. The lowest BCUT2D eigenvalue weighted by molar-refractivity contribution is -0.123. The largest absolute Gasteiger partial charge is 0.484 e. The zero-order valence-corrected chi connectivity index (χ0v) is 20.7. The fraction of sp³-hybridized carbons (Fsp3) is 0.269. The third-order valence-electron chi connectivity index (χ3n) is 5.55. The van der Waals surface area contributed by atoms with Crippen LogP contribution in [0.2, 0.25) is 0 Å². The van der Waals surface area contributed by atoms with Gasteiger partial charge in [-0.05, 0) is 63.0 Å². The van der Waals surface area contributed by atoms with Crippen LogP contribution in [0.15, 0.2) is 83.8 Å². The second-order valence-corrected chi connectivity index (χ2v) is 10.2. The standard InChI is InChI=1S/C26H31N3O4S/c1-20-10-16-24(17-11-20)34(31,32)29(4)22-12-14-23(15-13-22)33-19-26(30)27-18-25(28(2)3)21-8-6-5-7-9-21/h5-17,25H,18-19H2,1-4H3,(H,27,30)/t25-/m1/s1. The Morgan fingerprint density at radius 2 is 1.53 bits per heavy atom. The molecule has 1 atom stereocenters. The minimum absolute atomic E-state index is 0.0513. The van der Waals surface area contributed by atoms with Crippen molar-refractivity contribution in [1.29, 1.82) is 0 Å². The Bertz CT molecular complexity index is 1180. The van der Waals surface area contributed by atoms with E-state index < -0.39 is 10.0 Å². The van der Waals surface area contributed by atoms with Gasteiger partial charge >= 0.3 is 0 Å². The molecule has 0 aromatic heterocycles. The molecule has 7 nitrogen and oxygen atoms in total. The molecular formula is C26H31N3O4S. The number of carbonyl (C=O) groups excluding carboxylic acids is 1. The van der Waals surface area contributed by atoms with Gasteiger partial charge in [0.15, 0.2) is 6.61 Å². The van der Waals surface area contributed by atoms with Gasteiger partial charge in [0, 0.05) is 13.6 Å². The number of hydrogen-bond donors (Lipinski definition) is 1. The minimum atomic E-state index is -3.67. The number of ether oxygens (including phenoxy) is 1. The lowest BCUT2D eigenvalue weighted by atomic mass is 10.1. The molecule has 0 aliphatic rings. The maximum absolute atomic E-state index is 12.9. The number of likely N-dealkylation sites (N-methyl/N-ethyl adjacent to an activating group) is 1. The Morgan fingerprint density at radius 1 is 0.912 bits per heavy atom. The van der Waals surface area contributed by atoms with E-state index in [2.05, 4.69) is 10.2 Å². The van der Waals surface area contributed by atoms with Crippen LogP contribution in [0.4, 0.5) is 5.69 Å². The highest BCUT2D eigenvalue weighted by Crippen LogP contribution is 2.24. The van der Waals surface area contributed by atoms with Gasteiger partial charge in [-0.15, -0.1) is 0 Å². The molecule has 0 fully saturated rings. The van der Waals surface area contributed by atoms with Crippen LogP contribution in [0.25, 0.3) is 0 Å². The van der Waals surface area contributed by atoms with Gasteiger partial charge < -0.3 is 15.0 Å². The van der Waals surface area contributed by atoms with Crippen LogP contribution in [-0.4, -0.2) is 53.5 Å². The Kier molecular flexibility index (Phi) is 8.31. The molecule has 0 aliphatic heterocycles. The molecule has 180 valence electrons. The van der Waals surface area contributed by atoms with E-state index in [1.165, 1.54) is 11.4 Å². The highest BCUT2D eigenvalue weighted by atomic mass is 32.2. The molecule has 3 rings (SSSR count). The van der Waals surface area contributed by atoms with E-state index in [9.17, 15) is 13.2 Å². The topological polar surface area (TPSA) is 78.9 Å². The molecule has 3 aromatic carbocycles. The van der Waals surface area contributed by atoms with E-state index in [0.29, 0.717) is 18.0 Å². The summed E-state index contributed by atoms with van der Waals surface area (Å²) in [7, 11) is 1.78. The van der Waals surface area contributed by atoms with Crippen molar-refractivity contribution < 1.29 is 17.9 Å². The maximum atomic E-state index is 12.9. The fourth-order valence-electron chi connectivity index (χ4n) is 3.44. The first-order chi connectivity index (χ1) is 16.2. The predicted octanol–water partition coefficient (Wildman–Crippen LogP) is 3.62. The van der Waals surface area contributed by atoms with Crippen LogP contribution < -0.4 is 14.4 Å².